The van der Waals surface area contributed by atoms with E-state index in [-0.39, 0.29) is 27.6 Å². The van der Waals surface area contributed by atoms with Gasteiger partial charge in [0.2, 0.25) is 0 Å². The van der Waals surface area contributed by atoms with Crippen molar-refractivity contribution in [3.63, 3.8) is 0 Å². The number of aromatic hydroxyl groups is 1. The number of halogens is 1. The molecule has 0 heterocycles. The zero-order valence-corrected chi connectivity index (χ0v) is 24.1. The molecular formula is C31H25ClN4O5S. The van der Waals surface area contributed by atoms with E-state index in [1.165, 1.54) is 25.3 Å². The van der Waals surface area contributed by atoms with Crippen LogP contribution in [-0.4, -0.2) is 26.5 Å². The molecule has 0 aliphatic heterocycles. The number of para-hydroxylation sites is 1. The molecule has 0 saturated carbocycles. The zero-order chi connectivity index (χ0) is 29.9. The minimum atomic E-state index is -3.96. The maximum absolute atomic E-state index is 13.3. The third-order valence-electron chi connectivity index (χ3n) is 6.43. The second-order valence-electron chi connectivity index (χ2n) is 9.26. The molecule has 5 rings (SSSR count). The minimum absolute atomic E-state index is 0.0267. The van der Waals surface area contributed by atoms with E-state index in [0.29, 0.717) is 27.2 Å². The van der Waals surface area contributed by atoms with Gasteiger partial charge in [0.25, 0.3) is 15.9 Å². The molecule has 0 unspecified atom stereocenters. The normalized spacial score (nSPS) is 11.5. The highest BCUT2D eigenvalue weighted by atomic mass is 35.5. The van der Waals surface area contributed by atoms with Crippen LogP contribution >= 0.6 is 11.6 Å². The Hall–Kier alpha value is -4.93. The number of ether oxygens (including phenoxy) is 1. The van der Waals surface area contributed by atoms with Gasteiger partial charge in [-0.1, -0.05) is 60.1 Å². The van der Waals surface area contributed by atoms with Crippen LogP contribution in [-0.2, 0) is 10.0 Å². The lowest BCUT2D eigenvalue weighted by atomic mass is 10.0. The monoisotopic (exact) mass is 600 g/mol. The van der Waals surface area contributed by atoms with Gasteiger partial charge in [0.15, 0.2) is 5.75 Å². The van der Waals surface area contributed by atoms with Crippen molar-refractivity contribution in [3.05, 3.63) is 113 Å². The fourth-order valence-electron chi connectivity index (χ4n) is 4.25. The van der Waals surface area contributed by atoms with Crippen molar-refractivity contribution in [3.8, 4) is 11.5 Å². The Balaban J connectivity index is 1.55. The van der Waals surface area contributed by atoms with Gasteiger partial charge in [0.1, 0.15) is 17.1 Å². The van der Waals surface area contributed by atoms with E-state index in [0.717, 1.165) is 5.56 Å². The van der Waals surface area contributed by atoms with Crippen molar-refractivity contribution in [2.75, 3.05) is 17.1 Å². The first-order valence-electron chi connectivity index (χ1n) is 12.7. The van der Waals surface area contributed by atoms with Gasteiger partial charge in [-0.3, -0.25) is 9.52 Å². The first-order chi connectivity index (χ1) is 20.2. The summed E-state index contributed by atoms with van der Waals surface area (Å²) in [5.74, 6) is -0.715. The Morgan fingerprint density at radius 1 is 0.905 bits per heavy atom. The van der Waals surface area contributed by atoms with Crippen LogP contribution < -0.4 is 14.8 Å². The molecule has 0 radical (unpaired) electrons. The summed E-state index contributed by atoms with van der Waals surface area (Å²) >= 11 is 6.10. The highest BCUT2D eigenvalue weighted by molar-refractivity contribution is 7.92. The highest BCUT2D eigenvalue weighted by Gasteiger charge is 2.20. The molecule has 0 saturated heterocycles. The lowest BCUT2D eigenvalue weighted by Crippen LogP contribution is -2.13. The van der Waals surface area contributed by atoms with E-state index >= 15 is 0 Å². The van der Waals surface area contributed by atoms with E-state index in [4.69, 9.17) is 16.3 Å². The molecule has 0 aliphatic carbocycles. The van der Waals surface area contributed by atoms with Crippen LogP contribution in [0.25, 0.3) is 10.8 Å². The van der Waals surface area contributed by atoms with E-state index in [9.17, 15) is 18.3 Å². The number of fused-ring (bicyclic) bond motifs is 1. The number of anilines is 2. The summed E-state index contributed by atoms with van der Waals surface area (Å²) in [5, 5.41) is 24.2. The molecule has 5 aromatic rings. The van der Waals surface area contributed by atoms with Crippen LogP contribution in [0.1, 0.15) is 15.9 Å². The van der Waals surface area contributed by atoms with E-state index in [1.54, 1.807) is 78.9 Å². The molecule has 9 nitrogen and oxygen atoms in total. The SMILES string of the molecule is COc1ccc(S(=O)(=O)Nc2ccccc2)cc1/N=N/c1c(O)c(C(=O)Nc2cc(Cl)ccc2C)cc2ccccc12. The van der Waals surface area contributed by atoms with E-state index < -0.39 is 21.7 Å². The lowest BCUT2D eigenvalue weighted by Gasteiger charge is -2.13. The Morgan fingerprint density at radius 3 is 2.40 bits per heavy atom. The van der Waals surface area contributed by atoms with Gasteiger partial charge in [-0.2, -0.15) is 0 Å². The number of methoxy groups -OCH3 is 1. The molecule has 0 aromatic heterocycles. The number of carbonyl (C=O) groups is 1. The van der Waals surface area contributed by atoms with Crippen molar-refractivity contribution < 1.29 is 23.1 Å². The third-order valence-corrected chi connectivity index (χ3v) is 8.05. The topological polar surface area (TPSA) is 129 Å². The number of nitrogens with zero attached hydrogens (tertiary/aromatic N) is 2. The van der Waals surface area contributed by atoms with Gasteiger partial charge in [-0.05, 0) is 66.4 Å². The summed E-state index contributed by atoms with van der Waals surface area (Å²) < 4.78 is 34.0. The number of azo groups is 1. The lowest BCUT2D eigenvalue weighted by molar-refractivity contribution is 0.102. The number of phenolic OH excluding ortho intramolecular Hbond substituents is 1. The maximum Gasteiger partial charge on any atom is 0.261 e. The Bertz CT molecular complexity index is 1950. The predicted molar refractivity (Wildman–Crippen MR) is 164 cm³/mol. The summed E-state index contributed by atoms with van der Waals surface area (Å²) in [6, 6.07) is 26.4. The van der Waals surface area contributed by atoms with Gasteiger partial charge in [-0.25, -0.2) is 8.42 Å². The van der Waals surface area contributed by atoms with Gasteiger partial charge in [0, 0.05) is 21.8 Å². The number of nitrogens with one attached hydrogen (secondary N) is 2. The molecule has 0 atom stereocenters. The van der Waals surface area contributed by atoms with Crippen LogP contribution in [0, 0.1) is 6.92 Å². The smallest absolute Gasteiger partial charge is 0.261 e. The van der Waals surface area contributed by atoms with Gasteiger partial charge < -0.3 is 15.2 Å². The highest BCUT2D eigenvalue weighted by Crippen LogP contribution is 2.41. The number of carbonyl (C=O) groups excluding carboxylic acids is 1. The van der Waals surface area contributed by atoms with E-state index in [1.807, 2.05) is 6.92 Å². The average molecular weight is 601 g/mol. The van der Waals surface area contributed by atoms with Gasteiger partial charge in [0.05, 0.1) is 17.6 Å². The zero-order valence-electron chi connectivity index (χ0n) is 22.5. The number of hydrogen-bond donors (Lipinski definition) is 3. The van der Waals surface area contributed by atoms with Crippen molar-refractivity contribution in [1.82, 2.24) is 0 Å². The van der Waals surface area contributed by atoms with Crippen molar-refractivity contribution in [1.29, 1.82) is 0 Å². The van der Waals surface area contributed by atoms with Crippen LogP contribution in [0.5, 0.6) is 11.5 Å². The van der Waals surface area contributed by atoms with Gasteiger partial charge in [-0.15, -0.1) is 10.2 Å². The fourth-order valence-corrected chi connectivity index (χ4v) is 5.50. The molecule has 3 N–H and O–H groups in total. The van der Waals surface area contributed by atoms with E-state index in [2.05, 4.69) is 20.3 Å². The number of amides is 1. The van der Waals surface area contributed by atoms with Crippen molar-refractivity contribution >= 4 is 61.1 Å². The second-order valence-corrected chi connectivity index (χ2v) is 11.4. The molecule has 212 valence electrons. The predicted octanol–water partition coefficient (Wildman–Crippen LogP) is 7.98. The largest absolute Gasteiger partial charge is 0.505 e. The third kappa shape index (κ3) is 6.04. The molecule has 0 aliphatic rings. The molecule has 11 heteroatoms. The standard InChI is InChI=1S/C31H25ClN4O5S/c1-19-12-13-21(32)17-26(19)33-31(38)25-16-20-8-6-7-11-24(20)29(30(25)37)35-34-27-18-23(14-15-28(27)41-2)42(39,40)36-22-9-4-3-5-10-22/h3-18,36-37H,1-2H3,(H,33,38)/b35-34+. The maximum atomic E-state index is 13.3. The van der Waals surface area contributed by atoms with Crippen molar-refractivity contribution in [2.24, 2.45) is 10.2 Å². The number of hydrogen-bond acceptors (Lipinski definition) is 7. The molecule has 0 bridgehead atoms. The minimum Gasteiger partial charge on any atom is -0.505 e. The first-order valence-corrected chi connectivity index (χ1v) is 14.5. The molecule has 0 fully saturated rings. The van der Waals surface area contributed by atoms with Crippen LogP contribution in [0.15, 0.2) is 112 Å². The number of sulfonamides is 1. The quantitative estimate of drug-likeness (QED) is 0.155. The van der Waals surface area contributed by atoms with Crippen LogP contribution in [0.3, 0.4) is 0 Å². The Kier molecular flexibility index (Phi) is 8.10. The molecular weight excluding hydrogens is 576 g/mol. The summed E-state index contributed by atoms with van der Waals surface area (Å²) in [5.41, 5.74) is 1.78. The molecule has 42 heavy (non-hydrogen) atoms. The second kappa shape index (κ2) is 11.9. The number of rotatable bonds is 8. The fraction of sp³-hybridized carbons (Fsp3) is 0.0645. The summed E-state index contributed by atoms with van der Waals surface area (Å²) in [7, 11) is -2.54. The van der Waals surface area contributed by atoms with Crippen LogP contribution in [0.2, 0.25) is 5.02 Å². The number of phenols is 1. The first kappa shape index (κ1) is 28.6. The average Bonchev–Trinajstić information content (AvgIpc) is 2.98. The summed E-state index contributed by atoms with van der Waals surface area (Å²) in [4.78, 5) is 13.2. The Labute approximate surface area is 247 Å². The molecule has 0 spiro atoms. The van der Waals surface area contributed by atoms with Crippen molar-refractivity contribution in [2.45, 2.75) is 11.8 Å². The Morgan fingerprint density at radius 2 is 1.64 bits per heavy atom. The molecule has 1 amide bonds. The number of benzene rings is 5. The summed E-state index contributed by atoms with van der Waals surface area (Å²) in [6.07, 6.45) is 0. The van der Waals surface area contributed by atoms with Crippen LogP contribution in [0.4, 0.5) is 22.7 Å². The molecule has 5 aromatic carbocycles. The number of aryl methyl sites for hydroxylation is 1. The summed E-state index contributed by atoms with van der Waals surface area (Å²) in [6.45, 7) is 1.82. The van der Waals surface area contributed by atoms with Gasteiger partial charge >= 0.3 is 0 Å².